The molecule has 2 aromatic rings. The maximum atomic E-state index is 12.1. The highest BCUT2D eigenvalue weighted by Crippen LogP contribution is 2.16. The molecule has 1 saturated heterocycles. The van der Waals surface area contributed by atoms with Crippen LogP contribution in [0.15, 0.2) is 53.0 Å². The predicted octanol–water partition coefficient (Wildman–Crippen LogP) is 3.37. The highest BCUT2D eigenvalue weighted by Gasteiger charge is 2.20. The van der Waals surface area contributed by atoms with Crippen molar-refractivity contribution in [2.45, 2.75) is 19.4 Å². The second-order valence-electron chi connectivity index (χ2n) is 6.25. The first-order valence-corrected chi connectivity index (χ1v) is 9.40. The number of ether oxygens (including phenoxy) is 1. The Morgan fingerprint density at radius 1 is 1.07 bits per heavy atom. The number of rotatable bonds is 6. The smallest absolute Gasteiger partial charge is 0.338 e. The number of likely N-dealkylation sites (tertiary alicyclic amines) is 1. The molecule has 0 aromatic heterocycles. The van der Waals surface area contributed by atoms with Crippen molar-refractivity contribution in [3.05, 3.63) is 64.1 Å². The third-order valence-electron chi connectivity index (χ3n) is 4.20. The number of hydrogen-bond donors (Lipinski definition) is 1. The third-order valence-corrected chi connectivity index (χ3v) is 4.73. The van der Waals surface area contributed by atoms with Crippen LogP contribution in [0.5, 0.6) is 0 Å². The molecule has 1 N–H and O–H groups in total. The molecule has 2 aromatic carbocycles. The molecular weight excluding hydrogens is 412 g/mol. The van der Waals surface area contributed by atoms with Crippen LogP contribution in [-0.2, 0) is 20.9 Å². The lowest BCUT2D eigenvalue weighted by atomic mass is 10.1. The van der Waals surface area contributed by atoms with Crippen LogP contribution >= 0.6 is 15.9 Å². The van der Waals surface area contributed by atoms with E-state index in [1.165, 1.54) is 0 Å². The number of anilines is 1. The van der Waals surface area contributed by atoms with E-state index in [0.717, 1.165) is 23.0 Å². The fraction of sp³-hybridized carbons (Fsp3) is 0.250. The summed E-state index contributed by atoms with van der Waals surface area (Å²) in [4.78, 5) is 37.4. The molecule has 6 nitrogen and oxygen atoms in total. The van der Waals surface area contributed by atoms with Gasteiger partial charge in [0.05, 0.1) is 5.56 Å². The maximum Gasteiger partial charge on any atom is 0.338 e. The summed E-state index contributed by atoms with van der Waals surface area (Å²) in [6.45, 7) is 0.957. The zero-order valence-electron chi connectivity index (χ0n) is 14.6. The molecule has 0 unspecified atom stereocenters. The maximum absolute atomic E-state index is 12.1. The molecule has 1 heterocycles. The van der Waals surface area contributed by atoms with E-state index in [2.05, 4.69) is 21.2 Å². The van der Waals surface area contributed by atoms with Crippen molar-refractivity contribution >= 4 is 39.4 Å². The molecule has 0 spiro atoms. The first kappa shape index (κ1) is 19.1. The molecule has 0 radical (unpaired) electrons. The van der Waals surface area contributed by atoms with Gasteiger partial charge < -0.3 is 15.0 Å². The van der Waals surface area contributed by atoms with Crippen molar-refractivity contribution in [1.29, 1.82) is 0 Å². The molecule has 1 aliphatic heterocycles. The average Bonchev–Trinajstić information content (AvgIpc) is 3.07. The molecule has 0 saturated carbocycles. The first-order chi connectivity index (χ1) is 13.0. The quantitative estimate of drug-likeness (QED) is 0.712. The third kappa shape index (κ3) is 5.40. The minimum atomic E-state index is -0.565. The topological polar surface area (TPSA) is 75.7 Å². The second-order valence-corrected chi connectivity index (χ2v) is 7.16. The monoisotopic (exact) mass is 430 g/mol. The van der Waals surface area contributed by atoms with Gasteiger partial charge >= 0.3 is 5.97 Å². The standard InChI is InChI=1S/C20H19BrN2O4/c21-16-7-9-17(10-8-16)22-18(24)13-27-20(26)15-5-3-14(4-6-15)12-23-11-1-2-19(23)25/h3-10H,1-2,11-13H2,(H,22,24). The minimum absolute atomic E-state index is 0.162. The molecule has 27 heavy (non-hydrogen) atoms. The summed E-state index contributed by atoms with van der Waals surface area (Å²) in [5.74, 6) is -0.810. The van der Waals surface area contributed by atoms with Crippen molar-refractivity contribution in [2.24, 2.45) is 0 Å². The van der Waals surface area contributed by atoms with Crippen molar-refractivity contribution in [1.82, 2.24) is 4.90 Å². The summed E-state index contributed by atoms with van der Waals surface area (Å²) in [6, 6.07) is 14.0. The van der Waals surface area contributed by atoms with Gasteiger partial charge in [0.2, 0.25) is 5.91 Å². The average molecular weight is 431 g/mol. The largest absolute Gasteiger partial charge is 0.452 e. The Balaban J connectivity index is 1.48. The Morgan fingerprint density at radius 3 is 2.41 bits per heavy atom. The van der Waals surface area contributed by atoms with Gasteiger partial charge in [0.15, 0.2) is 6.61 Å². The van der Waals surface area contributed by atoms with E-state index in [1.54, 1.807) is 53.4 Å². The number of amides is 2. The van der Waals surface area contributed by atoms with Gasteiger partial charge in [0.1, 0.15) is 0 Å². The van der Waals surface area contributed by atoms with Crippen molar-refractivity contribution in [2.75, 3.05) is 18.5 Å². The van der Waals surface area contributed by atoms with E-state index in [-0.39, 0.29) is 12.5 Å². The summed E-state index contributed by atoms with van der Waals surface area (Å²) in [5, 5.41) is 2.66. The second kappa shape index (κ2) is 8.81. The minimum Gasteiger partial charge on any atom is -0.452 e. The summed E-state index contributed by atoms with van der Waals surface area (Å²) < 4.78 is 5.96. The van der Waals surface area contributed by atoms with Crippen LogP contribution in [0.3, 0.4) is 0 Å². The van der Waals surface area contributed by atoms with Gasteiger partial charge in [-0.05, 0) is 48.4 Å². The normalized spacial score (nSPS) is 13.5. The van der Waals surface area contributed by atoms with Gasteiger partial charge in [-0.1, -0.05) is 28.1 Å². The molecule has 0 bridgehead atoms. The van der Waals surface area contributed by atoms with Crippen LogP contribution in [0, 0.1) is 0 Å². The van der Waals surface area contributed by atoms with E-state index in [4.69, 9.17) is 4.74 Å². The fourth-order valence-electron chi connectivity index (χ4n) is 2.78. The lowest BCUT2D eigenvalue weighted by Gasteiger charge is -2.15. The molecule has 140 valence electrons. The Kier molecular flexibility index (Phi) is 6.24. The van der Waals surface area contributed by atoms with Crippen LogP contribution in [0.2, 0.25) is 0 Å². The lowest BCUT2D eigenvalue weighted by molar-refractivity contribution is -0.128. The molecular formula is C20H19BrN2O4. The van der Waals surface area contributed by atoms with Gasteiger partial charge in [-0.2, -0.15) is 0 Å². The molecule has 2 amide bonds. The highest BCUT2D eigenvalue weighted by molar-refractivity contribution is 9.10. The van der Waals surface area contributed by atoms with Gasteiger partial charge in [-0.25, -0.2) is 4.79 Å². The molecule has 1 fully saturated rings. The number of nitrogens with one attached hydrogen (secondary N) is 1. The van der Waals surface area contributed by atoms with Crippen LogP contribution in [-0.4, -0.2) is 35.8 Å². The van der Waals surface area contributed by atoms with Crippen LogP contribution in [0.25, 0.3) is 0 Å². The predicted molar refractivity (Wildman–Crippen MR) is 104 cm³/mol. The molecule has 1 aliphatic rings. The van der Waals surface area contributed by atoms with E-state index in [1.807, 2.05) is 0 Å². The summed E-state index contributed by atoms with van der Waals surface area (Å²) in [7, 11) is 0. The van der Waals surface area contributed by atoms with Crippen LogP contribution in [0.1, 0.15) is 28.8 Å². The number of benzene rings is 2. The summed E-state index contributed by atoms with van der Waals surface area (Å²) >= 11 is 3.32. The zero-order valence-corrected chi connectivity index (χ0v) is 16.2. The van der Waals surface area contributed by atoms with E-state index in [0.29, 0.717) is 24.2 Å². The van der Waals surface area contributed by atoms with E-state index in [9.17, 15) is 14.4 Å². The summed E-state index contributed by atoms with van der Waals surface area (Å²) in [5.41, 5.74) is 1.94. The zero-order chi connectivity index (χ0) is 19.2. The first-order valence-electron chi connectivity index (χ1n) is 8.60. The molecule has 0 atom stereocenters. The number of nitrogens with zero attached hydrogens (tertiary/aromatic N) is 1. The van der Waals surface area contributed by atoms with Gasteiger partial charge in [0, 0.05) is 29.7 Å². The number of hydrogen-bond acceptors (Lipinski definition) is 4. The SMILES string of the molecule is O=C(COC(=O)c1ccc(CN2CCCC2=O)cc1)Nc1ccc(Br)cc1. The van der Waals surface area contributed by atoms with Crippen LogP contribution in [0.4, 0.5) is 5.69 Å². The number of esters is 1. The molecule has 0 aliphatic carbocycles. The van der Waals surface area contributed by atoms with E-state index >= 15 is 0 Å². The van der Waals surface area contributed by atoms with E-state index < -0.39 is 11.9 Å². The van der Waals surface area contributed by atoms with Crippen molar-refractivity contribution < 1.29 is 19.1 Å². The van der Waals surface area contributed by atoms with Gasteiger partial charge in [-0.15, -0.1) is 0 Å². The molecule has 7 heteroatoms. The number of halogens is 1. The Bertz CT molecular complexity index is 834. The number of carbonyl (C=O) groups is 3. The highest BCUT2D eigenvalue weighted by atomic mass is 79.9. The van der Waals surface area contributed by atoms with Gasteiger partial charge in [-0.3, -0.25) is 9.59 Å². The molecule has 3 rings (SSSR count). The Morgan fingerprint density at radius 2 is 1.78 bits per heavy atom. The summed E-state index contributed by atoms with van der Waals surface area (Å²) in [6.07, 6.45) is 1.50. The van der Waals surface area contributed by atoms with Crippen molar-refractivity contribution in [3.63, 3.8) is 0 Å². The van der Waals surface area contributed by atoms with Crippen LogP contribution < -0.4 is 5.32 Å². The van der Waals surface area contributed by atoms with Gasteiger partial charge in [0.25, 0.3) is 5.91 Å². The Labute approximate surface area is 165 Å². The number of carbonyl (C=O) groups excluding carboxylic acids is 3. The Hall–Kier alpha value is -2.67. The lowest BCUT2D eigenvalue weighted by Crippen LogP contribution is -2.23. The fourth-order valence-corrected chi connectivity index (χ4v) is 3.05. The van der Waals surface area contributed by atoms with Crippen molar-refractivity contribution in [3.8, 4) is 0 Å².